The number of aliphatic hydroxyl groups excluding tert-OH is 3. The summed E-state index contributed by atoms with van der Waals surface area (Å²) in [6.45, 7) is 2.20. The quantitative estimate of drug-likeness (QED) is 0.0771. The number of fused-ring (bicyclic) bond motifs is 1. The van der Waals surface area contributed by atoms with Crippen molar-refractivity contribution in [1.82, 2.24) is 10.3 Å². The molecule has 1 aliphatic rings. The molecule has 1 aliphatic heterocycles. The van der Waals surface area contributed by atoms with Crippen LogP contribution in [0.4, 0.5) is 0 Å². The van der Waals surface area contributed by atoms with Crippen molar-refractivity contribution in [3.63, 3.8) is 0 Å². The van der Waals surface area contributed by atoms with E-state index < -0.39 is 42.4 Å². The minimum Gasteiger partial charge on any atom is -0.508 e. The van der Waals surface area contributed by atoms with Gasteiger partial charge in [0.15, 0.2) is 17.1 Å². The van der Waals surface area contributed by atoms with E-state index in [1.165, 1.54) is 36.6 Å². The Kier molecular flexibility index (Phi) is 11.4. The summed E-state index contributed by atoms with van der Waals surface area (Å²) in [4.78, 5) is 28.3. The molecule has 8 unspecified atom stereocenters. The van der Waals surface area contributed by atoms with Gasteiger partial charge in [-0.05, 0) is 71.7 Å². The largest absolute Gasteiger partial charge is 0.508 e. The molecule has 3 heterocycles. The molecule has 0 saturated carbocycles. The number of phenolic OH excluding ortho intramolecular Hbond substituents is 1. The molecule has 2 aromatic heterocycles. The number of allylic oxidation sites excluding steroid dienone is 1. The highest BCUT2D eigenvalue weighted by molar-refractivity contribution is 5.82. The first-order valence-electron chi connectivity index (χ1n) is 17.2. The molecule has 13 heteroatoms. The van der Waals surface area contributed by atoms with Crippen molar-refractivity contribution in [2.45, 2.75) is 56.2 Å². The molecule has 0 aliphatic carbocycles. The number of hydrogen-bond donors (Lipinski definition) is 8. The summed E-state index contributed by atoms with van der Waals surface area (Å²) in [6.07, 6.45) is -0.118. The number of ether oxygens (including phenoxy) is 2. The fourth-order valence-corrected chi connectivity index (χ4v) is 6.53. The lowest BCUT2D eigenvalue weighted by molar-refractivity contribution is -0.338. The number of hydrogen-bond acceptors (Lipinski definition) is 11. The number of H-pyrrole nitrogens is 1. The molecule has 53 heavy (non-hydrogen) atoms. The Labute approximate surface area is 304 Å². The van der Waals surface area contributed by atoms with E-state index in [-0.39, 0.29) is 51.8 Å². The molecule has 1 fully saturated rings. The first-order chi connectivity index (χ1) is 25.4. The second-order valence-electron chi connectivity index (χ2n) is 13.4. The summed E-state index contributed by atoms with van der Waals surface area (Å²) < 4.78 is 17.1. The highest BCUT2D eigenvalue weighted by atomic mass is 16.7. The third kappa shape index (κ3) is 8.20. The second kappa shape index (κ2) is 16.2. The maximum atomic E-state index is 13.3. The standard InChI is InChI=1S/C40H42N2O11/c1-23(6-5-9-24-7-3-2-4-8-24)27(18-25-16-17-41-20-25)21-42-38(49)40(50)36(46)34(45)35(37(47)48)53-39(40)52-29-14-15-30-32(19-29)51-22-31(33(30)44)26-10-12-28(43)13-11-26/h2-5,7-17,19-20,22-23,27,34-36,38-39,41-43,45-46,49-50H,6,18,21H2,1H3,(H,47,48). The molecule has 0 radical (unpaired) electrons. The molecule has 278 valence electrons. The molecular weight excluding hydrogens is 684 g/mol. The smallest absolute Gasteiger partial charge is 0.335 e. The van der Waals surface area contributed by atoms with Crippen LogP contribution < -0.4 is 15.5 Å². The average Bonchev–Trinajstić information content (AvgIpc) is 3.67. The predicted molar refractivity (Wildman–Crippen MR) is 195 cm³/mol. The summed E-state index contributed by atoms with van der Waals surface area (Å²) in [5, 5.41) is 67.8. The van der Waals surface area contributed by atoms with Crippen molar-refractivity contribution in [1.29, 1.82) is 0 Å². The van der Waals surface area contributed by atoms with E-state index in [1.807, 2.05) is 54.9 Å². The van der Waals surface area contributed by atoms with E-state index in [4.69, 9.17) is 13.9 Å². The summed E-state index contributed by atoms with van der Waals surface area (Å²) in [5.41, 5.74) is -0.267. The lowest BCUT2D eigenvalue weighted by Crippen LogP contribution is -2.75. The molecule has 13 nitrogen and oxygen atoms in total. The van der Waals surface area contributed by atoms with Gasteiger partial charge < -0.3 is 49.5 Å². The first-order valence-corrected chi connectivity index (χ1v) is 17.2. The number of aromatic hydroxyl groups is 1. The van der Waals surface area contributed by atoms with Gasteiger partial charge in [-0.1, -0.05) is 61.5 Å². The molecule has 8 atom stereocenters. The molecule has 6 rings (SSSR count). The van der Waals surface area contributed by atoms with Crippen molar-refractivity contribution in [2.75, 3.05) is 6.54 Å². The average molecular weight is 727 g/mol. The minimum atomic E-state index is -2.79. The van der Waals surface area contributed by atoms with Gasteiger partial charge >= 0.3 is 5.97 Å². The van der Waals surface area contributed by atoms with Crippen molar-refractivity contribution >= 4 is 23.0 Å². The molecular formula is C40H42N2O11. The van der Waals surface area contributed by atoms with Crippen LogP contribution in [0.2, 0.25) is 0 Å². The minimum absolute atomic E-state index is 0.0340. The van der Waals surface area contributed by atoms with Crippen LogP contribution in [0.5, 0.6) is 11.5 Å². The van der Waals surface area contributed by atoms with Crippen LogP contribution in [0.25, 0.3) is 28.2 Å². The van der Waals surface area contributed by atoms with E-state index in [0.29, 0.717) is 18.4 Å². The van der Waals surface area contributed by atoms with Gasteiger partial charge in [0.1, 0.15) is 41.8 Å². The molecule has 8 N–H and O–H groups in total. The first kappa shape index (κ1) is 37.5. The van der Waals surface area contributed by atoms with Gasteiger partial charge in [-0.25, -0.2) is 4.79 Å². The van der Waals surface area contributed by atoms with E-state index in [0.717, 1.165) is 11.1 Å². The number of nitrogens with one attached hydrogen (secondary N) is 2. The third-order valence-electron chi connectivity index (χ3n) is 9.76. The number of aliphatic carboxylic acids is 1. The molecule has 0 amide bonds. The number of phenols is 1. The molecule has 3 aromatic carbocycles. The number of carboxylic acids is 1. The van der Waals surface area contributed by atoms with Gasteiger partial charge in [0.2, 0.25) is 6.29 Å². The monoisotopic (exact) mass is 726 g/mol. The molecule has 5 aromatic rings. The van der Waals surface area contributed by atoms with Crippen LogP contribution in [0.1, 0.15) is 24.5 Å². The van der Waals surface area contributed by atoms with Crippen LogP contribution >= 0.6 is 0 Å². The number of aromatic nitrogens is 1. The maximum absolute atomic E-state index is 13.3. The fourth-order valence-electron chi connectivity index (χ4n) is 6.53. The topological polar surface area (TPSA) is 215 Å². The van der Waals surface area contributed by atoms with Crippen molar-refractivity contribution < 1.29 is 49.3 Å². The molecule has 1 saturated heterocycles. The van der Waals surface area contributed by atoms with Gasteiger partial charge in [0.05, 0.1) is 10.9 Å². The van der Waals surface area contributed by atoms with Crippen LogP contribution in [0.15, 0.2) is 113 Å². The van der Waals surface area contributed by atoms with Gasteiger partial charge in [-0.3, -0.25) is 10.1 Å². The Bertz CT molecular complexity index is 2070. The fraction of sp³-hybridized carbons (Fsp3) is 0.300. The van der Waals surface area contributed by atoms with Crippen molar-refractivity contribution in [3.05, 3.63) is 125 Å². The zero-order valence-corrected chi connectivity index (χ0v) is 28.8. The predicted octanol–water partition coefficient (Wildman–Crippen LogP) is 3.64. The number of rotatable bonds is 14. The van der Waals surface area contributed by atoms with E-state index >= 15 is 0 Å². The molecule has 0 bridgehead atoms. The van der Waals surface area contributed by atoms with E-state index in [2.05, 4.69) is 23.3 Å². The zero-order valence-electron chi connectivity index (χ0n) is 28.8. The Balaban J connectivity index is 1.23. The normalized spacial score (nSPS) is 23.5. The number of benzene rings is 3. The van der Waals surface area contributed by atoms with Crippen molar-refractivity contribution in [2.24, 2.45) is 11.8 Å². The highest BCUT2D eigenvalue weighted by Crippen LogP contribution is 2.35. The van der Waals surface area contributed by atoms with Gasteiger partial charge in [0.25, 0.3) is 0 Å². The maximum Gasteiger partial charge on any atom is 0.335 e. The number of carboxylic acid groups (broad SMARTS) is 1. The lowest BCUT2D eigenvalue weighted by Gasteiger charge is -2.48. The Morgan fingerprint density at radius 2 is 1.83 bits per heavy atom. The third-order valence-corrected chi connectivity index (χ3v) is 9.76. The Morgan fingerprint density at radius 3 is 2.53 bits per heavy atom. The van der Waals surface area contributed by atoms with Crippen LogP contribution in [0.3, 0.4) is 0 Å². The van der Waals surface area contributed by atoms with Crippen LogP contribution in [-0.4, -0.2) is 84.6 Å². The number of aromatic amines is 1. The number of carbonyl (C=O) groups is 1. The van der Waals surface area contributed by atoms with E-state index in [1.54, 1.807) is 12.1 Å². The zero-order chi connectivity index (χ0) is 37.7. The summed E-state index contributed by atoms with van der Waals surface area (Å²) >= 11 is 0. The van der Waals surface area contributed by atoms with E-state index in [9.17, 15) is 40.2 Å². The van der Waals surface area contributed by atoms with Crippen molar-refractivity contribution in [3.8, 4) is 22.6 Å². The lowest BCUT2D eigenvalue weighted by atomic mass is 9.83. The summed E-state index contributed by atoms with van der Waals surface area (Å²) in [6, 6.07) is 21.9. The highest BCUT2D eigenvalue weighted by Gasteiger charge is 2.62. The van der Waals surface area contributed by atoms with Gasteiger partial charge in [-0.2, -0.15) is 0 Å². The SMILES string of the molecule is CC(CC=Cc1ccccc1)C(CNC(O)C1(O)C(Oc2ccc3c(=O)c(-c4ccc(O)cc4)coc3c2)OC(C(=O)O)C(O)C1O)Cc1cc[nH]c1. The van der Waals surface area contributed by atoms with Crippen LogP contribution in [-0.2, 0) is 16.0 Å². The van der Waals surface area contributed by atoms with Crippen LogP contribution in [0, 0.1) is 11.8 Å². The number of aliphatic hydroxyl groups is 4. The van der Waals surface area contributed by atoms with Gasteiger partial charge in [-0.15, -0.1) is 0 Å². The van der Waals surface area contributed by atoms with Gasteiger partial charge in [0, 0.05) is 25.0 Å². The summed E-state index contributed by atoms with van der Waals surface area (Å²) in [5.74, 6) is -1.69. The molecule has 0 spiro atoms. The summed E-state index contributed by atoms with van der Waals surface area (Å²) in [7, 11) is 0. The second-order valence-corrected chi connectivity index (χ2v) is 13.4. The Hall–Kier alpha value is -5.28. The Morgan fingerprint density at radius 1 is 1.08 bits per heavy atom.